The van der Waals surface area contributed by atoms with Crippen LogP contribution in [0, 0.1) is 17.8 Å². The quantitative estimate of drug-likeness (QED) is 0.612. The first-order valence-corrected chi connectivity index (χ1v) is 13.0. The molecule has 1 aromatic heterocycles. The van der Waals surface area contributed by atoms with Crippen LogP contribution >= 0.6 is 0 Å². The SMILES string of the molecule is O=C([O-])C[C@@H]1CCN(C(=O)C2CCC2)C[C@@H]1CC[NH+]1CCC(n2c(=O)[nH]c3ccccc32)CC1. The summed E-state index contributed by atoms with van der Waals surface area (Å²) >= 11 is 0. The summed E-state index contributed by atoms with van der Waals surface area (Å²) in [5.74, 6) is -0.197. The maximum absolute atomic E-state index is 12.8. The van der Waals surface area contributed by atoms with Crippen molar-refractivity contribution in [1.82, 2.24) is 14.5 Å². The fraction of sp³-hybridized carbons (Fsp3) is 0.654. The lowest BCUT2D eigenvalue weighted by Crippen LogP contribution is -3.13. The van der Waals surface area contributed by atoms with Gasteiger partial charge in [0.25, 0.3) is 0 Å². The Hall–Kier alpha value is -2.61. The predicted molar refractivity (Wildman–Crippen MR) is 126 cm³/mol. The Bertz CT molecular complexity index is 1080. The van der Waals surface area contributed by atoms with E-state index in [0.717, 1.165) is 75.6 Å². The number of imidazole rings is 1. The minimum atomic E-state index is -0.980. The number of para-hydroxylation sites is 2. The third kappa shape index (κ3) is 4.78. The minimum absolute atomic E-state index is 0.0294. The molecule has 8 heteroatoms. The molecular formula is C26H36N4O4. The highest BCUT2D eigenvalue weighted by Gasteiger charge is 2.36. The molecule has 1 amide bonds. The monoisotopic (exact) mass is 468 g/mol. The number of nitrogens with one attached hydrogen (secondary N) is 2. The van der Waals surface area contributed by atoms with E-state index in [4.69, 9.17) is 0 Å². The van der Waals surface area contributed by atoms with E-state index < -0.39 is 5.97 Å². The Labute approximate surface area is 199 Å². The van der Waals surface area contributed by atoms with Gasteiger partial charge < -0.3 is 24.7 Å². The number of aliphatic carboxylic acids is 1. The van der Waals surface area contributed by atoms with Crippen LogP contribution in [0.2, 0.25) is 0 Å². The third-order valence-electron chi connectivity index (χ3n) is 8.61. The van der Waals surface area contributed by atoms with Gasteiger partial charge in [-0.1, -0.05) is 18.6 Å². The fourth-order valence-corrected chi connectivity index (χ4v) is 6.35. The van der Waals surface area contributed by atoms with Gasteiger partial charge in [-0.05, 0) is 49.7 Å². The summed E-state index contributed by atoms with van der Waals surface area (Å²) in [5.41, 5.74) is 1.84. The molecule has 8 nitrogen and oxygen atoms in total. The topological polar surface area (TPSA) is 103 Å². The molecule has 0 bridgehead atoms. The number of carboxylic acids is 1. The lowest BCUT2D eigenvalue weighted by atomic mass is 9.79. The molecule has 1 aromatic carbocycles. The van der Waals surface area contributed by atoms with E-state index in [0.29, 0.717) is 13.1 Å². The van der Waals surface area contributed by atoms with Crippen LogP contribution < -0.4 is 15.7 Å². The number of carboxylic acid groups (broad SMARTS) is 1. The zero-order valence-corrected chi connectivity index (χ0v) is 19.8. The zero-order chi connectivity index (χ0) is 23.7. The number of quaternary nitrogens is 1. The van der Waals surface area contributed by atoms with Crippen molar-refractivity contribution in [3.05, 3.63) is 34.7 Å². The number of likely N-dealkylation sites (tertiary alicyclic amines) is 2. The van der Waals surface area contributed by atoms with Crippen molar-refractivity contribution in [3.8, 4) is 0 Å². The van der Waals surface area contributed by atoms with Crippen molar-refractivity contribution in [1.29, 1.82) is 0 Å². The first kappa shape index (κ1) is 23.1. The summed E-state index contributed by atoms with van der Waals surface area (Å²) in [6, 6.07) is 8.07. The average Bonchev–Trinajstić information content (AvgIpc) is 3.13. The molecule has 2 atom stereocenters. The van der Waals surface area contributed by atoms with E-state index in [2.05, 4.69) is 4.98 Å². The minimum Gasteiger partial charge on any atom is -0.550 e. The molecule has 34 heavy (non-hydrogen) atoms. The van der Waals surface area contributed by atoms with Crippen molar-refractivity contribution in [2.45, 2.75) is 57.4 Å². The Morgan fingerprint density at radius 3 is 2.53 bits per heavy atom. The highest BCUT2D eigenvalue weighted by molar-refractivity contribution is 5.79. The molecule has 2 N–H and O–H groups in total. The van der Waals surface area contributed by atoms with Gasteiger partial charge in [0.1, 0.15) is 0 Å². The van der Waals surface area contributed by atoms with Gasteiger partial charge in [-0.3, -0.25) is 9.36 Å². The van der Waals surface area contributed by atoms with Crippen molar-refractivity contribution in [2.75, 3.05) is 32.7 Å². The first-order valence-electron chi connectivity index (χ1n) is 13.0. The molecule has 5 rings (SSSR count). The van der Waals surface area contributed by atoms with Crippen molar-refractivity contribution < 1.29 is 19.6 Å². The fourth-order valence-electron chi connectivity index (χ4n) is 6.35. The Morgan fingerprint density at radius 1 is 1.06 bits per heavy atom. The van der Waals surface area contributed by atoms with Crippen LogP contribution in [-0.2, 0) is 9.59 Å². The second kappa shape index (κ2) is 9.94. The van der Waals surface area contributed by atoms with Gasteiger partial charge in [-0.15, -0.1) is 0 Å². The Morgan fingerprint density at radius 2 is 1.82 bits per heavy atom. The van der Waals surface area contributed by atoms with Crippen molar-refractivity contribution in [2.24, 2.45) is 17.8 Å². The molecule has 0 radical (unpaired) electrons. The van der Waals surface area contributed by atoms with Crippen LogP contribution in [0.5, 0.6) is 0 Å². The molecule has 3 aliphatic rings. The summed E-state index contributed by atoms with van der Waals surface area (Å²) < 4.78 is 1.92. The molecular weight excluding hydrogens is 432 g/mol. The van der Waals surface area contributed by atoms with Gasteiger partial charge in [0.2, 0.25) is 5.91 Å². The number of nitrogens with zero attached hydrogens (tertiary/aromatic N) is 2. The summed E-state index contributed by atoms with van der Waals surface area (Å²) in [4.78, 5) is 43.2. The molecule has 1 aliphatic carbocycles. The normalized spacial score (nSPS) is 28.1. The lowest BCUT2D eigenvalue weighted by Gasteiger charge is -2.42. The number of aromatic amines is 1. The second-order valence-electron chi connectivity index (χ2n) is 10.6. The molecule has 184 valence electrons. The lowest BCUT2D eigenvalue weighted by molar-refractivity contribution is -0.906. The van der Waals surface area contributed by atoms with Crippen molar-refractivity contribution >= 4 is 22.9 Å². The number of H-pyrrole nitrogens is 1. The van der Waals surface area contributed by atoms with E-state index >= 15 is 0 Å². The molecule has 1 saturated carbocycles. The Balaban J connectivity index is 1.17. The number of fused-ring (bicyclic) bond motifs is 1. The maximum Gasteiger partial charge on any atom is 0.326 e. The van der Waals surface area contributed by atoms with Gasteiger partial charge in [0, 0.05) is 50.3 Å². The summed E-state index contributed by atoms with van der Waals surface area (Å²) in [7, 11) is 0. The predicted octanol–water partition coefficient (Wildman–Crippen LogP) is 0.344. The summed E-state index contributed by atoms with van der Waals surface area (Å²) in [6.45, 7) is 4.35. The zero-order valence-electron chi connectivity index (χ0n) is 19.8. The van der Waals surface area contributed by atoms with Crippen LogP contribution in [0.15, 0.2) is 29.1 Å². The summed E-state index contributed by atoms with van der Waals surface area (Å²) in [6.07, 6.45) is 6.84. The van der Waals surface area contributed by atoms with Gasteiger partial charge in [-0.2, -0.15) is 0 Å². The highest BCUT2D eigenvalue weighted by Crippen LogP contribution is 2.33. The number of carbonyl (C=O) groups is 2. The molecule has 2 saturated heterocycles. The number of hydrogen-bond donors (Lipinski definition) is 2. The number of rotatable bonds is 7. The maximum atomic E-state index is 12.8. The van der Waals surface area contributed by atoms with Crippen molar-refractivity contribution in [3.63, 3.8) is 0 Å². The molecule has 2 aromatic rings. The third-order valence-corrected chi connectivity index (χ3v) is 8.61. The number of amides is 1. The molecule has 0 spiro atoms. The largest absolute Gasteiger partial charge is 0.550 e. The number of aromatic nitrogens is 2. The first-order chi connectivity index (χ1) is 16.5. The van der Waals surface area contributed by atoms with Gasteiger partial charge in [-0.25, -0.2) is 4.79 Å². The number of carbonyl (C=O) groups excluding carboxylic acids is 2. The molecule has 0 unspecified atom stereocenters. The van der Waals surface area contributed by atoms with E-state index in [1.54, 1.807) is 0 Å². The van der Waals surface area contributed by atoms with Gasteiger partial charge in [0.15, 0.2) is 0 Å². The van der Waals surface area contributed by atoms with E-state index in [9.17, 15) is 19.5 Å². The van der Waals surface area contributed by atoms with Crippen LogP contribution in [0.25, 0.3) is 11.0 Å². The van der Waals surface area contributed by atoms with Gasteiger partial charge >= 0.3 is 5.69 Å². The van der Waals surface area contributed by atoms with Crippen LogP contribution in [-0.4, -0.2) is 59.1 Å². The van der Waals surface area contributed by atoms with Crippen LogP contribution in [0.3, 0.4) is 0 Å². The number of benzene rings is 1. The molecule has 3 fully saturated rings. The van der Waals surface area contributed by atoms with E-state index in [1.807, 2.05) is 33.7 Å². The van der Waals surface area contributed by atoms with Crippen LogP contribution in [0.4, 0.5) is 0 Å². The van der Waals surface area contributed by atoms with Gasteiger partial charge in [0.05, 0.1) is 30.7 Å². The summed E-state index contributed by atoms with van der Waals surface area (Å²) in [5, 5.41) is 11.3. The molecule has 3 heterocycles. The highest BCUT2D eigenvalue weighted by atomic mass is 16.4. The van der Waals surface area contributed by atoms with Crippen LogP contribution in [0.1, 0.15) is 57.4 Å². The smallest absolute Gasteiger partial charge is 0.326 e. The average molecular weight is 469 g/mol. The Kier molecular flexibility index (Phi) is 6.77. The second-order valence-corrected chi connectivity index (χ2v) is 10.6. The number of hydrogen-bond acceptors (Lipinski definition) is 4. The molecule has 2 aliphatic heterocycles. The standard InChI is InChI=1S/C26H36N4O4/c31-24(32)16-19-9-15-29(25(33)18-4-3-5-18)17-20(19)8-12-28-13-10-21(11-14-28)30-23-7-2-1-6-22(23)27-26(30)34/h1-2,6-7,18-21H,3-5,8-17H2,(H,27,34)(H,31,32)/t19-,20-/m0/s1. The number of piperidine rings is 2. The van der Waals surface area contributed by atoms with E-state index in [-0.39, 0.29) is 41.8 Å². The van der Waals surface area contributed by atoms with E-state index in [1.165, 1.54) is 4.90 Å².